The van der Waals surface area contributed by atoms with Crippen molar-refractivity contribution in [2.75, 3.05) is 7.05 Å². The van der Waals surface area contributed by atoms with E-state index in [2.05, 4.69) is 0 Å². The monoisotopic (exact) mass is 317 g/mol. The first kappa shape index (κ1) is 16.4. The molecule has 22 heavy (non-hydrogen) atoms. The minimum absolute atomic E-state index is 0.0588. The lowest BCUT2D eigenvalue weighted by molar-refractivity contribution is -0.137. The molecule has 3 nitrogen and oxygen atoms in total. The van der Waals surface area contributed by atoms with Gasteiger partial charge in [0.25, 0.3) is 5.91 Å². The molecule has 2 aromatic rings. The molecule has 0 aliphatic rings. The Labute approximate surface area is 136 Å². The molecule has 0 unspecified atom stereocenters. The average molecular weight is 318 g/mol. The SMILES string of the molecule is Cc1cc(O[C@H](C)C(=O)N(C)Cc2ccccc2)ccc1Cl. The van der Waals surface area contributed by atoms with Crippen LogP contribution in [0.2, 0.25) is 5.02 Å². The zero-order valence-corrected chi connectivity index (χ0v) is 13.8. The zero-order chi connectivity index (χ0) is 16.1. The van der Waals surface area contributed by atoms with E-state index in [9.17, 15) is 4.79 Å². The summed E-state index contributed by atoms with van der Waals surface area (Å²) in [5.74, 6) is 0.590. The van der Waals surface area contributed by atoms with E-state index in [0.29, 0.717) is 17.3 Å². The Bertz CT molecular complexity index is 643. The fourth-order valence-electron chi connectivity index (χ4n) is 2.19. The Morgan fingerprint density at radius 2 is 1.91 bits per heavy atom. The van der Waals surface area contributed by atoms with Crippen molar-refractivity contribution in [1.82, 2.24) is 4.90 Å². The third-order valence-corrected chi connectivity index (χ3v) is 3.85. The van der Waals surface area contributed by atoms with Crippen molar-refractivity contribution < 1.29 is 9.53 Å². The number of hydrogen-bond donors (Lipinski definition) is 0. The fourth-order valence-corrected chi connectivity index (χ4v) is 2.31. The van der Waals surface area contributed by atoms with Gasteiger partial charge in [0.05, 0.1) is 0 Å². The molecule has 4 heteroatoms. The first-order valence-corrected chi connectivity index (χ1v) is 7.57. The summed E-state index contributed by atoms with van der Waals surface area (Å²) in [6, 6.07) is 15.3. The normalized spacial score (nSPS) is 11.8. The molecule has 1 amide bonds. The van der Waals surface area contributed by atoms with Crippen LogP contribution >= 0.6 is 11.6 Å². The molecule has 2 rings (SSSR count). The standard InChI is InChI=1S/C18H20ClNO2/c1-13-11-16(9-10-17(13)19)22-14(2)18(21)20(3)12-15-7-5-4-6-8-15/h4-11,14H,12H2,1-3H3/t14-/m1/s1. The fraction of sp³-hybridized carbons (Fsp3) is 0.278. The molecule has 1 atom stereocenters. The molecule has 0 aliphatic heterocycles. The van der Waals surface area contributed by atoms with Crippen LogP contribution in [0.5, 0.6) is 5.75 Å². The summed E-state index contributed by atoms with van der Waals surface area (Å²) in [4.78, 5) is 14.0. The van der Waals surface area contributed by atoms with Crippen LogP contribution in [0, 0.1) is 6.92 Å². The molecule has 0 fully saturated rings. The summed E-state index contributed by atoms with van der Waals surface area (Å²) in [5.41, 5.74) is 2.02. The van der Waals surface area contributed by atoms with Crippen LogP contribution < -0.4 is 4.74 Å². The van der Waals surface area contributed by atoms with Crippen LogP contribution in [0.25, 0.3) is 0 Å². The van der Waals surface area contributed by atoms with E-state index >= 15 is 0 Å². The zero-order valence-electron chi connectivity index (χ0n) is 13.0. The van der Waals surface area contributed by atoms with Crippen molar-refractivity contribution in [2.45, 2.75) is 26.5 Å². The number of carbonyl (C=O) groups excluding carboxylic acids is 1. The van der Waals surface area contributed by atoms with Gasteiger partial charge in [-0.25, -0.2) is 0 Å². The molecule has 0 spiro atoms. The molecule has 0 saturated heterocycles. The number of ether oxygens (including phenoxy) is 1. The van der Waals surface area contributed by atoms with Gasteiger partial charge in [0.15, 0.2) is 6.10 Å². The van der Waals surface area contributed by atoms with E-state index in [1.54, 1.807) is 31.0 Å². The number of benzene rings is 2. The van der Waals surface area contributed by atoms with Crippen molar-refractivity contribution >= 4 is 17.5 Å². The summed E-state index contributed by atoms with van der Waals surface area (Å²) in [6.45, 7) is 4.23. The van der Waals surface area contributed by atoms with Crippen molar-refractivity contribution in [3.8, 4) is 5.75 Å². The summed E-state index contributed by atoms with van der Waals surface area (Å²) in [6.07, 6.45) is -0.547. The van der Waals surface area contributed by atoms with E-state index in [1.807, 2.05) is 43.3 Å². The summed E-state index contributed by atoms with van der Waals surface area (Å²) in [5, 5.41) is 0.688. The van der Waals surface area contributed by atoms with Gasteiger partial charge in [0.2, 0.25) is 0 Å². The second kappa shape index (κ2) is 7.32. The number of nitrogens with zero attached hydrogens (tertiary/aromatic N) is 1. The van der Waals surface area contributed by atoms with E-state index < -0.39 is 6.10 Å². The van der Waals surface area contributed by atoms with E-state index in [1.165, 1.54) is 0 Å². The van der Waals surface area contributed by atoms with Crippen LogP contribution in [0.1, 0.15) is 18.1 Å². The quantitative estimate of drug-likeness (QED) is 0.831. The van der Waals surface area contributed by atoms with E-state index in [4.69, 9.17) is 16.3 Å². The highest BCUT2D eigenvalue weighted by molar-refractivity contribution is 6.31. The molecule has 0 bridgehead atoms. The number of likely N-dealkylation sites (N-methyl/N-ethyl adjacent to an activating group) is 1. The third-order valence-electron chi connectivity index (χ3n) is 3.43. The smallest absolute Gasteiger partial charge is 0.263 e. The average Bonchev–Trinajstić information content (AvgIpc) is 2.51. The topological polar surface area (TPSA) is 29.5 Å². The lowest BCUT2D eigenvalue weighted by atomic mass is 10.2. The van der Waals surface area contributed by atoms with Gasteiger partial charge in [-0.15, -0.1) is 0 Å². The Balaban J connectivity index is 1.97. The summed E-state index contributed by atoms with van der Waals surface area (Å²) < 4.78 is 5.72. The Hall–Kier alpha value is -2.00. The van der Waals surface area contributed by atoms with Gasteiger partial charge in [-0.1, -0.05) is 41.9 Å². The maximum Gasteiger partial charge on any atom is 0.263 e. The number of carbonyl (C=O) groups is 1. The first-order chi connectivity index (χ1) is 10.5. The minimum atomic E-state index is -0.547. The van der Waals surface area contributed by atoms with Gasteiger partial charge in [-0.2, -0.15) is 0 Å². The molecule has 0 heterocycles. The number of amides is 1. The number of rotatable bonds is 5. The highest BCUT2D eigenvalue weighted by Gasteiger charge is 2.19. The molecule has 0 aromatic heterocycles. The molecular weight excluding hydrogens is 298 g/mol. The van der Waals surface area contributed by atoms with Gasteiger partial charge in [-0.3, -0.25) is 4.79 Å². The van der Waals surface area contributed by atoms with Crippen LogP contribution in [0.15, 0.2) is 48.5 Å². The Morgan fingerprint density at radius 1 is 1.23 bits per heavy atom. The van der Waals surface area contributed by atoms with E-state index in [-0.39, 0.29) is 5.91 Å². The maximum atomic E-state index is 12.4. The van der Waals surface area contributed by atoms with Crippen molar-refractivity contribution in [3.63, 3.8) is 0 Å². The van der Waals surface area contributed by atoms with Gasteiger partial charge < -0.3 is 9.64 Å². The van der Waals surface area contributed by atoms with Gasteiger partial charge in [-0.05, 0) is 43.2 Å². The Kier molecular flexibility index (Phi) is 5.45. The number of aryl methyl sites for hydroxylation is 1. The van der Waals surface area contributed by atoms with Crippen LogP contribution in [0.3, 0.4) is 0 Å². The third kappa shape index (κ3) is 4.25. The largest absolute Gasteiger partial charge is 0.481 e. The van der Waals surface area contributed by atoms with E-state index in [0.717, 1.165) is 11.1 Å². The van der Waals surface area contributed by atoms with Crippen LogP contribution in [0.4, 0.5) is 0 Å². The number of halogens is 1. The summed E-state index contributed by atoms with van der Waals surface area (Å²) >= 11 is 5.99. The molecule has 0 radical (unpaired) electrons. The molecule has 116 valence electrons. The highest BCUT2D eigenvalue weighted by Crippen LogP contribution is 2.22. The van der Waals surface area contributed by atoms with Crippen molar-refractivity contribution in [2.24, 2.45) is 0 Å². The maximum absolute atomic E-state index is 12.4. The molecule has 0 N–H and O–H groups in total. The molecular formula is C18H20ClNO2. The predicted molar refractivity (Wildman–Crippen MR) is 89.2 cm³/mol. The summed E-state index contributed by atoms with van der Waals surface area (Å²) in [7, 11) is 1.78. The second-order valence-corrected chi connectivity index (χ2v) is 5.76. The minimum Gasteiger partial charge on any atom is -0.481 e. The lowest BCUT2D eigenvalue weighted by Gasteiger charge is -2.22. The molecule has 0 saturated carbocycles. The Morgan fingerprint density at radius 3 is 2.55 bits per heavy atom. The predicted octanol–water partition coefficient (Wildman–Crippen LogP) is 4.07. The van der Waals surface area contributed by atoms with Gasteiger partial charge in [0.1, 0.15) is 5.75 Å². The molecule has 2 aromatic carbocycles. The second-order valence-electron chi connectivity index (χ2n) is 5.35. The number of hydrogen-bond acceptors (Lipinski definition) is 2. The molecule has 0 aliphatic carbocycles. The van der Waals surface area contributed by atoms with Crippen LogP contribution in [-0.2, 0) is 11.3 Å². The lowest BCUT2D eigenvalue weighted by Crippen LogP contribution is -2.37. The van der Waals surface area contributed by atoms with Gasteiger partial charge >= 0.3 is 0 Å². The highest BCUT2D eigenvalue weighted by atomic mass is 35.5. The van der Waals surface area contributed by atoms with Crippen molar-refractivity contribution in [1.29, 1.82) is 0 Å². The van der Waals surface area contributed by atoms with Crippen molar-refractivity contribution in [3.05, 3.63) is 64.7 Å². The van der Waals surface area contributed by atoms with Gasteiger partial charge in [0, 0.05) is 18.6 Å². The first-order valence-electron chi connectivity index (χ1n) is 7.19. The van der Waals surface area contributed by atoms with Crippen LogP contribution in [-0.4, -0.2) is 24.0 Å².